The zero-order chi connectivity index (χ0) is 36.3. The number of aryl methyl sites for hydroxylation is 6. The first-order valence-corrected chi connectivity index (χ1v) is 23.2. The van der Waals surface area contributed by atoms with E-state index in [0.717, 1.165) is 0 Å². The van der Waals surface area contributed by atoms with E-state index in [1.54, 1.807) is 0 Å². The summed E-state index contributed by atoms with van der Waals surface area (Å²) in [4.78, 5) is 5.44. The second-order valence-electron chi connectivity index (χ2n) is 15.1. The molecule has 0 atom stereocenters. The van der Waals surface area contributed by atoms with Crippen LogP contribution < -0.4 is 0 Å². The van der Waals surface area contributed by atoms with Crippen LogP contribution in [0.2, 0.25) is 0 Å². The second-order valence-corrected chi connectivity index (χ2v) is 22.2. The largest absolute Gasteiger partial charge is 0.140 e. The zero-order valence-electron chi connectivity index (χ0n) is 30.5. The van der Waals surface area contributed by atoms with Crippen LogP contribution in [0.1, 0.15) is 30.6 Å². The molecule has 6 heteroatoms. The number of fused-ring (bicyclic) bond motifs is 13. The average molecular weight is 801 g/mol. The molecule has 0 fully saturated rings. The van der Waals surface area contributed by atoms with Crippen molar-refractivity contribution in [2.75, 3.05) is 0 Å². The van der Waals surface area contributed by atoms with Crippen LogP contribution in [0.5, 0.6) is 0 Å². The van der Waals surface area contributed by atoms with E-state index in [0.29, 0.717) is 0 Å². The molecule has 0 bridgehead atoms. The van der Waals surface area contributed by atoms with E-state index in [9.17, 15) is 0 Å². The molecule has 0 N–H and O–H groups in total. The van der Waals surface area contributed by atoms with Crippen molar-refractivity contribution in [2.45, 2.75) is 41.5 Å². The number of hydrogen-bond donors (Lipinski definition) is 0. The lowest BCUT2D eigenvalue weighted by atomic mass is 9.87. The third-order valence-electron chi connectivity index (χ3n) is 11.3. The summed E-state index contributed by atoms with van der Waals surface area (Å²) in [6.45, 7) is 13.6. The summed E-state index contributed by atoms with van der Waals surface area (Å²) in [5.74, 6) is 0. The first-order valence-electron chi connectivity index (χ1n) is 18.3. The van der Waals surface area contributed by atoms with Gasteiger partial charge in [0, 0.05) is 91.3 Å². The van der Waals surface area contributed by atoms with Crippen molar-refractivity contribution in [3.8, 4) is 22.3 Å². The van der Waals surface area contributed by atoms with Crippen LogP contribution in [0.4, 0.5) is 0 Å². The SMILES string of the molecule is Cc1ccc2c(c1)sc1c3ccc(C)c(-c4c5cc6cc(C)sc6c(-c6cc7c(ccc8cc(C)sc87)c7sc(C)cc67)c5cc5cc(C)sc45)c3sc21. The zero-order valence-corrected chi connectivity index (χ0v) is 35.4. The van der Waals surface area contributed by atoms with Crippen molar-refractivity contribution >= 4 is 159 Å². The summed E-state index contributed by atoms with van der Waals surface area (Å²) in [5, 5.41) is 13.7. The van der Waals surface area contributed by atoms with Crippen LogP contribution in [0, 0.1) is 41.5 Å². The Labute approximate surface area is 336 Å². The Morgan fingerprint density at radius 3 is 1.70 bits per heavy atom. The van der Waals surface area contributed by atoms with Gasteiger partial charge in [-0.1, -0.05) is 36.4 Å². The minimum absolute atomic E-state index is 1.32. The van der Waals surface area contributed by atoms with E-state index < -0.39 is 0 Å². The highest BCUT2D eigenvalue weighted by Crippen LogP contribution is 2.54. The Morgan fingerprint density at radius 2 is 0.926 bits per heavy atom. The predicted octanol–water partition coefficient (Wildman–Crippen LogP) is 17.6. The molecule has 260 valence electrons. The smallest absolute Gasteiger partial charge is 0.0542 e. The summed E-state index contributed by atoms with van der Waals surface area (Å²) in [5.41, 5.74) is 8.23. The first-order chi connectivity index (χ1) is 26.2. The maximum absolute atomic E-state index is 2.56. The van der Waals surface area contributed by atoms with Crippen molar-refractivity contribution < 1.29 is 0 Å². The first kappa shape index (κ1) is 32.1. The van der Waals surface area contributed by atoms with Crippen molar-refractivity contribution in [1.82, 2.24) is 0 Å². The van der Waals surface area contributed by atoms with E-state index in [4.69, 9.17) is 0 Å². The van der Waals surface area contributed by atoms with E-state index >= 15 is 0 Å². The normalized spacial score (nSPS) is 12.6. The van der Waals surface area contributed by atoms with Crippen LogP contribution >= 0.6 is 68.0 Å². The fourth-order valence-corrected chi connectivity index (χ4v) is 16.3. The van der Waals surface area contributed by atoms with Gasteiger partial charge in [0.2, 0.25) is 0 Å². The van der Waals surface area contributed by atoms with Gasteiger partial charge in [-0.2, -0.15) is 0 Å². The Kier molecular flexibility index (Phi) is 6.68. The van der Waals surface area contributed by atoms with Crippen LogP contribution in [-0.2, 0) is 0 Å². The van der Waals surface area contributed by atoms with Crippen LogP contribution in [0.25, 0.3) is 114 Å². The molecule has 12 aromatic rings. The second kappa shape index (κ2) is 11.2. The maximum Gasteiger partial charge on any atom is 0.0542 e. The lowest BCUT2D eigenvalue weighted by Gasteiger charge is -2.18. The van der Waals surface area contributed by atoms with E-state index in [1.807, 2.05) is 68.0 Å². The highest BCUT2D eigenvalue weighted by atomic mass is 32.1. The lowest BCUT2D eigenvalue weighted by molar-refractivity contribution is 1.52. The van der Waals surface area contributed by atoms with Crippen LogP contribution in [0.3, 0.4) is 0 Å². The van der Waals surface area contributed by atoms with Crippen LogP contribution in [-0.4, -0.2) is 0 Å². The topological polar surface area (TPSA) is 0 Å². The molecule has 0 aliphatic heterocycles. The number of thiophene rings is 6. The minimum Gasteiger partial charge on any atom is -0.140 e. The Bertz CT molecular complexity index is 3620. The molecule has 6 aromatic heterocycles. The Balaban J connectivity index is 1.28. The monoisotopic (exact) mass is 800 g/mol. The summed E-state index contributed by atoms with van der Waals surface area (Å²) < 4.78 is 11.3. The standard InChI is InChI=1S/C48H32S6/c1-21-7-10-31-38(13-21)53-48-32-11-8-22(2)39(46(32)54-47(31)48)41-34-19-28-15-24(4)50-43(28)40(33(34)18-29-16-25(5)51-44(29)41)35-20-37-30(45-36(35)17-26(6)52-45)12-9-27-14-23(3)49-42(27)37/h7-20H,1-6H3. The van der Waals surface area contributed by atoms with Crippen molar-refractivity contribution in [3.63, 3.8) is 0 Å². The fourth-order valence-electron chi connectivity index (χ4n) is 9.09. The third-order valence-corrected chi connectivity index (χ3v) is 18.2. The fraction of sp³-hybridized carbons (Fsp3) is 0.125. The molecule has 54 heavy (non-hydrogen) atoms. The molecule has 0 unspecified atom stereocenters. The molecule has 12 rings (SSSR count). The molecule has 6 aromatic carbocycles. The Hall–Kier alpha value is -4.14. The number of hydrogen-bond acceptors (Lipinski definition) is 6. The van der Waals surface area contributed by atoms with Gasteiger partial charge in [0.25, 0.3) is 0 Å². The summed E-state index contributed by atoms with van der Waals surface area (Å²) >= 11 is 11.7. The van der Waals surface area contributed by atoms with Gasteiger partial charge in [-0.05, 0) is 134 Å². The molecule has 0 spiro atoms. The van der Waals surface area contributed by atoms with Gasteiger partial charge >= 0.3 is 0 Å². The van der Waals surface area contributed by atoms with Gasteiger partial charge in [-0.25, -0.2) is 0 Å². The third kappa shape index (κ3) is 4.38. The molecule has 6 heterocycles. The average Bonchev–Trinajstić information content (AvgIpc) is 3.98. The van der Waals surface area contributed by atoms with E-state index in [1.165, 1.54) is 144 Å². The number of rotatable bonds is 2. The predicted molar refractivity (Wildman–Crippen MR) is 251 cm³/mol. The van der Waals surface area contributed by atoms with Crippen molar-refractivity contribution in [2.24, 2.45) is 0 Å². The maximum atomic E-state index is 2.56. The van der Waals surface area contributed by atoms with Gasteiger partial charge in [0.15, 0.2) is 0 Å². The summed E-state index contributed by atoms with van der Waals surface area (Å²) in [7, 11) is 0. The summed E-state index contributed by atoms with van der Waals surface area (Å²) in [6.07, 6.45) is 0. The Morgan fingerprint density at radius 1 is 0.315 bits per heavy atom. The molecule has 0 saturated carbocycles. The lowest BCUT2D eigenvalue weighted by Crippen LogP contribution is -1.91. The molecular weight excluding hydrogens is 769 g/mol. The van der Waals surface area contributed by atoms with Crippen molar-refractivity contribution in [3.05, 3.63) is 116 Å². The highest BCUT2D eigenvalue weighted by Gasteiger charge is 2.25. The molecule has 0 aliphatic carbocycles. The molecule has 0 saturated heterocycles. The quantitative estimate of drug-likeness (QED) is 0.163. The van der Waals surface area contributed by atoms with Gasteiger partial charge < -0.3 is 0 Å². The van der Waals surface area contributed by atoms with E-state index in [2.05, 4.69) is 126 Å². The number of benzene rings is 6. The van der Waals surface area contributed by atoms with Crippen molar-refractivity contribution in [1.29, 1.82) is 0 Å². The summed E-state index contributed by atoms with van der Waals surface area (Å²) in [6, 6.07) is 33.7. The van der Waals surface area contributed by atoms with Gasteiger partial charge in [0.1, 0.15) is 0 Å². The van der Waals surface area contributed by atoms with Gasteiger partial charge in [-0.3, -0.25) is 0 Å². The highest BCUT2D eigenvalue weighted by molar-refractivity contribution is 7.37. The van der Waals surface area contributed by atoms with Gasteiger partial charge in [-0.15, -0.1) is 68.0 Å². The van der Waals surface area contributed by atoms with Gasteiger partial charge in [0.05, 0.1) is 9.40 Å². The molecule has 0 radical (unpaired) electrons. The van der Waals surface area contributed by atoms with E-state index in [-0.39, 0.29) is 0 Å². The molecular formula is C48H32S6. The molecule has 0 amide bonds. The minimum atomic E-state index is 1.32. The molecule has 0 nitrogen and oxygen atoms in total. The molecule has 0 aliphatic rings. The van der Waals surface area contributed by atoms with Crippen LogP contribution in [0.15, 0.2) is 84.9 Å².